The van der Waals surface area contributed by atoms with Crippen LogP contribution in [-0.4, -0.2) is 21.1 Å². The van der Waals surface area contributed by atoms with Crippen LogP contribution < -0.4 is 16.0 Å². The summed E-state index contributed by atoms with van der Waals surface area (Å²) in [5, 5.41) is 12.7. The highest BCUT2D eigenvalue weighted by Crippen LogP contribution is 2.33. The van der Waals surface area contributed by atoms with E-state index in [-0.39, 0.29) is 31.4 Å². The Bertz CT molecular complexity index is 1000. The molecule has 0 saturated carbocycles. The number of hydrogen-bond donors (Lipinski definition) is 2. The van der Waals surface area contributed by atoms with E-state index in [1.165, 1.54) is 11.0 Å². The van der Waals surface area contributed by atoms with Crippen molar-refractivity contribution < 1.29 is 4.74 Å². The van der Waals surface area contributed by atoms with Crippen LogP contribution in [0.15, 0.2) is 50.7 Å². The van der Waals surface area contributed by atoms with Crippen LogP contribution in [0.25, 0.3) is 0 Å². The minimum Gasteiger partial charge on any atom is -0.487 e. The number of halogens is 6. The van der Waals surface area contributed by atoms with Crippen LogP contribution in [0.5, 0.6) is 5.75 Å². The van der Waals surface area contributed by atoms with Crippen LogP contribution in [0.1, 0.15) is 11.1 Å². The van der Waals surface area contributed by atoms with Crippen LogP contribution in [0.3, 0.4) is 0 Å². The second-order valence-electron chi connectivity index (χ2n) is 5.26. The van der Waals surface area contributed by atoms with E-state index in [1.54, 1.807) is 18.3 Å². The Morgan fingerprint density at radius 2 is 1.97 bits per heavy atom. The number of nitrogens with two attached hydrogens (primary N) is 1. The van der Waals surface area contributed by atoms with Gasteiger partial charge in [-0.2, -0.15) is 5.10 Å². The van der Waals surface area contributed by atoms with E-state index in [1.807, 2.05) is 18.2 Å². The molecule has 3 aromatic rings. The maximum absolute atomic E-state index is 6.21. The lowest BCUT2D eigenvalue weighted by atomic mass is 10.2. The second-order valence-corrected chi connectivity index (χ2v) is 7.88. The van der Waals surface area contributed by atoms with Crippen molar-refractivity contribution in [3.63, 3.8) is 0 Å². The van der Waals surface area contributed by atoms with E-state index in [0.29, 0.717) is 21.7 Å². The van der Waals surface area contributed by atoms with Crippen LogP contribution in [0, 0.1) is 0 Å². The first-order valence-corrected chi connectivity index (χ1v) is 9.78. The lowest BCUT2D eigenvalue weighted by molar-refractivity contribution is 0.304. The van der Waals surface area contributed by atoms with Crippen LogP contribution in [0.4, 0.5) is 5.95 Å². The van der Waals surface area contributed by atoms with E-state index in [0.717, 1.165) is 20.1 Å². The highest BCUT2D eigenvalue weighted by atomic mass is 79.9. The molecule has 0 unspecified atom stereocenters. The topological polar surface area (TPSA) is 90.4 Å². The minimum atomic E-state index is 0. The summed E-state index contributed by atoms with van der Waals surface area (Å²) in [5.41, 5.74) is 4.24. The Balaban J connectivity index is 0.00000210. The largest absolute Gasteiger partial charge is 0.487 e. The van der Waals surface area contributed by atoms with Gasteiger partial charge in [0.15, 0.2) is 0 Å². The van der Waals surface area contributed by atoms with Crippen LogP contribution >= 0.6 is 79.9 Å². The van der Waals surface area contributed by atoms with Gasteiger partial charge in [0.25, 0.3) is 5.95 Å². The number of benzene rings is 2. The zero-order valence-corrected chi connectivity index (χ0v) is 20.7. The molecule has 2 aromatic carbocycles. The first-order valence-electron chi connectivity index (χ1n) is 7.44. The lowest BCUT2D eigenvalue weighted by Gasteiger charge is -2.13. The molecule has 7 nitrogen and oxygen atoms in total. The third-order valence-corrected chi connectivity index (χ3v) is 5.00. The Morgan fingerprint density at radius 1 is 1.21 bits per heavy atom. The smallest absolute Gasteiger partial charge is 0.263 e. The summed E-state index contributed by atoms with van der Waals surface area (Å²) in [6, 6.07) is 8.99. The van der Waals surface area contributed by atoms with Gasteiger partial charge in [0.2, 0.25) is 0 Å². The summed E-state index contributed by atoms with van der Waals surface area (Å²) in [5.74, 6) is 6.53. The molecule has 13 heteroatoms. The van der Waals surface area contributed by atoms with Crippen molar-refractivity contribution in [2.75, 3.05) is 11.3 Å². The lowest BCUT2D eigenvalue weighted by Crippen LogP contribution is -2.10. The Hall–Kier alpha value is -1.23. The minimum absolute atomic E-state index is 0. The fourth-order valence-electron chi connectivity index (χ4n) is 2.10. The van der Waals surface area contributed by atoms with Crippen LogP contribution in [-0.2, 0) is 6.61 Å². The maximum atomic E-state index is 6.21. The summed E-state index contributed by atoms with van der Waals surface area (Å²) in [6.07, 6.45) is 2.95. The van der Waals surface area contributed by atoms with Crippen molar-refractivity contribution in [3.8, 4) is 5.75 Å². The SMILES string of the molecule is Cl.Cl.Nn1cnnc1N/N=C\c1cc(Br)cc(Br)c1OCc1ccc(Cl)cc1Cl. The van der Waals surface area contributed by atoms with E-state index in [4.69, 9.17) is 33.8 Å². The Kier molecular flexibility index (Phi) is 10.5. The number of aromatic nitrogens is 3. The number of anilines is 1. The Morgan fingerprint density at radius 3 is 2.62 bits per heavy atom. The fraction of sp³-hybridized carbons (Fsp3) is 0.0625. The number of rotatable bonds is 6. The molecule has 0 aliphatic carbocycles. The number of hydrogen-bond acceptors (Lipinski definition) is 6. The first-order chi connectivity index (χ1) is 12.9. The molecule has 0 atom stereocenters. The molecular formula is C16H14Br2Cl4N6O. The van der Waals surface area contributed by atoms with Crippen molar-refractivity contribution in [2.45, 2.75) is 6.61 Å². The molecule has 0 amide bonds. The molecule has 29 heavy (non-hydrogen) atoms. The van der Waals surface area contributed by atoms with Gasteiger partial charge in [-0.3, -0.25) is 0 Å². The Labute approximate surface area is 206 Å². The number of hydrazone groups is 1. The van der Waals surface area contributed by atoms with E-state index < -0.39 is 0 Å². The third-order valence-electron chi connectivity index (χ3n) is 3.37. The van der Waals surface area contributed by atoms with Crippen molar-refractivity contribution in [3.05, 3.63) is 66.8 Å². The molecule has 1 heterocycles. The normalized spacial score (nSPS) is 10.3. The van der Waals surface area contributed by atoms with Crippen molar-refractivity contribution in [1.29, 1.82) is 0 Å². The molecule has 3 N–H and O–H groups in total. The zero-order chi connectivity index (χ0) is 19.4. The summed E-state index contributed by atoms with van der Waals surface area (Å²) in [4.78, 5) is 0. The van der Waals surface area contributed by atoms with Crippen molar-refractivity contribution >= 4 is 92.0 Å². The van der Waals surface area contributed by atoms with Gasteiger partial charge in [0.1, 0.15) is 18.7 Å². The molecule has 0 saturated heterocycles. The average molecular weight is 608 g/mol. The highest BCUT2D eigenvalue weighted by Gasteiger charge is 2.11. The highest BCUT2D eigenvalue weighted by molar-refractivity contribution is 9.11. The molecule has 0 fully saturated rings. The monoisotopic (exact) mass is 604 g/mol. The molecule has 0 bridgehead atoms. The molecule has 0 aliphatic heterocycles. The van der Waals surface area contributed by atoms with Gasteiger partial charge in [0, 0.05) is 25.6 Å². The number of nitrogen functional groups attached to an aromatic ring is 1. The molecule has 1 aromatic heterocycles. The molecule has 0 spiro atoms. The van der Waals surface area contributed by atoms with E-state index in [2.05, 4.69) is 52.6 Å². The van der Waals surface area contributed by atoms with Crippen molar-refractivity contribution in [2.24, 2.45) is 5.10 Å². The van der Waals surface area contributed by atoms with Gasteiger partial charge in [-0.15, -0.1) is 35.0 Å². The summed E-state index contributed by atoms with van der Waals surface area (Å²) < 4.78 is 8.80. The average Bonchev–Trinajstić information content (AvgIpc) is 3.00. The van der Waals surface area contributed by atoms with Crippen molar-refractivity contribution in [1.82, 2.24) is 14.9 Å². The maximum Gasteiger partial charge on any atom is 0.263 e. The zero-order valence-electron chi connectivity index (χ0n) is 14.4. The molecule has 0 radical (unpaired) electrons. The van der Waals surface area contributed by atoms with Gasteiger partial charge in [-0.1, -0.05) is 45.2 Å². The molecule has 3 rings (SSSR count). The number of nitrogens with one attached hydrogen (secondary N) is 1. The van der Waals surface area contributed by atoms with Gasteiger partial charge in [-0.05, 0) is 40.2 Å². The predicted molar refractivity (Wildman–Crippen MR) is 129 cm³/mol. The molecule has 0 aliphatic rings. The summed E-state index contributed by atoms with van der Waals surface area (Å²) >= 11 is 19.1. The third kappa shape index (κ3) is 6.91. The summed E-state index contributed by atoms with van der Waals surface area (Å²) in [6.45, 7) is 0.266. The number of ether oxygens (including phenoxy) is 1. The van der Waals surface area contributed by atoms with E-state index in [9.17, 15) is 0 Å². The standard InChI is InChI=1S/C16H12Br2Cl2N6O.2ClH/c17-11-3-10(6-22-24-16-25-23-8-26(16)21)15(13(18)4-11)27-7-9-1-2-12(19)5-14(9)20;;/h1-6,8H,7,21H2,(H,24,25);2*1H/b22-6-;;. The van der Waals surface area contributed by atoms with Gasteiger partial charge < -0.3 is 10.6 Å². The first kappa shape index (κ1) is 25.8. The van der Waals surface area contributed by atoms with Gasteiger partial charge >= 0.3 is 0 Å². The number of nitrogens with zero attached hydrogens (tertiary/aromatic N) is 4. The summed E-state index contributed by atoms with van der Waals surface area (Å²) in [7, 11) is 0. The molecular weight excluding hydrogens is 594 g/mol. The van der Waals surface area contributed by atoms with Gasteiger partial charge in [-0.25, -0.2) is 10.1 Å². The van der Waals surface area contributed by atoms with E-state index >= 15 is 0 Å². The fourth-order valence-corrected chi connectivity index (χ4v) is 3.93. The van der Waals surface area contributed by atoms with Gasteiger partial charge in [0.05, 0.1) is 10.7 Å². The quantitative estimate of drug-likeness (QED) is 0.213. The second kappa shape index (κ2) is 11.8. The predicted octanol–water partition coefficient (Wildman–Crippen LogP) is 5.69. The molecule has 156 valence electrons. The van der Waals surface area contributed by atoms with Crippen LogP contribution in [0.2, 0.25) is 10.0 Å².